The summed E-state index contributed by atoms with van der Waals surface area (Å²) in [5.41, 5.74) is 10.7. The number of carboxylic acid groups (broad SMARTS) is 4. The minimum atomic E-state index is -1.83. The number of nitrogens with one attached hydrogen (secondary N) is 6. The van der Waals surface area contributed by atoms with Crippen molar-refractivity contribution in [3.8, 4) is 0 Å². The van der Waals surface area contributed by atoms with Crippen molar-refractivity contribution in [3.05, 3.63) is 0 Å². The molecule has 2 aliphatic rings. The lowest BCUT2D eigenvalue weighted by atomic mass is 10.0. The molecule has 2 aliphatic heterocycles. The van der Waals surface area contributed by atoms with E-state index in [9.17, 15) is 82.8 Å². The lowest BCUT2D eigenvalue weighted by molar-refractivity contribution is -0.147. The Balaban J connectivity index is 2.31. The number of thiol groups is 1. The molecule has 0 aromatic carbocycles. The van der Waals surface area contributed by atoms with Crippen molar-refractivity contribution in [2.45, 2.75) is 132 Å². The Morgan fingerprint density at radius 3 is 1.57 bits per heavy atom. The highest BCUT2D eigenvalue weighted by Crippen LogP contribution is 2.23. The normalized spacial score (nSPS) is 18.5. The highest BCUT2D eigenvalue weighted by Gasteiger charge is 2.43. The van der Waals surface area contributed by atoms with Crippen LogP contribution >= 0.6 is 24.4 Å². The number of carbonyl (C=O) groups is 13. The fraction of sp³-hybridized carbons (Fsp3) is 0.675. The molecule has 2 saturated heterocycles. The van der Waals surface area contributed by atoms with E-state index in [1.807, 2.05) is 5.32 Å². The van der Waals surface area contributed by atoms with Crippen LogP contribution in [-0.4, -0.2) is 192 Å². The Bertz CT molecular complexity index is 1960. The molecule has 0 aromatic rings. The summed E-state index contributed by atoms with van der Waals surface area (Å²) in [4.78, 5) is 169. The minimum absolute atomic E-state index is 0.0300. The Morgan fingerprint density at radius 2 is 1.09 bits per heavy atom. The Hall–Kier alpha value is -6.23. The average Bonchev–Trinajstić information content (AvgIpc) is 3.97. The van der Waals surface area contributed by atoms with E-state index in [4.69, 9.17) is 11.5 Å². The monoisotopic (exact) mass is 1020 g/mol. The molecule has 9 atom stereocenters. The van der Waals surface area contributed by atoms with Crippen molar-refractivity contribution in [1.29, 1.82) is 0 Å². The number of nitrogens with zero attached hydrogens (tertiary/aromatic N) is 2. The molecule has 0 aromatic heterocycles. The molecule has 2 rings (SSSR count). The molecule has 386 valence electrons. The van der Waals surface area contributed by atoms with E-state index in [1.54, 1.807) is 6.26 Å². The van der Waals surface area contributed by atoms with E-state index in [0.29, 0.717) is 12.2 Å². The number of hydrogen-bond acceptors (Lipinski definition) is 16. The molecule has 0 radical (unpaired) electrons. The number of carboxylic acids is 4. The molecule has 14 N–H and O–H groups in total. The van der Waals surface area contributed by atoms with E-state index < -0.39 is 169 Å². The summed E-state index contributed by atoms with van der Waals surface area (Å²) in [5.74, 6) is -15.3. The number of nitrogens with two attached hydrogens (primary N) is 2. The summed E-state index contributed by atoms with van der Waals surface area (Å²) in [6.07, 6.45) is -1.59. The van der Waals surface area contributed by atoms with Gasteiger partial charge in [-0.3, -0.25) is 57.5 Å². The standard InChI is InChI=1S/C40H62N10O17S2/c1-18(2)31(48-36(62)26-7-5-11-49(26)38(64)21(10-13-69-3)44-34(60)22(15-29(54)55)45-32(58)19(41)17-68)37(63)46-23(16-30(56)57)39(65)50-12-4-6-25(50)35(61)43-20(8-9-28(52)53)33(59)47-24(40(66)67)14-27(42)51/h18-26,31,68H,4-17,41H2,1-3H3,(H2,42,51)(H,43,61)(H,44,60)(H,45,58)(H,46,63)(H,47,59)(H,48,62)(H,52,53)(H,54,55)(H,56,57)(H,66,67)/t19-,20-,21-,22-,23-,24-,25-,26-,31-/m0/s1. The first-order valence-corrected chi connectivity index (χ1v) is 23.8. The van der Waals surface area contributed by atoms with Gasteiger partial charge in [0.1, 0.15) is 48.3 Å². The maximum absolute atomic E-state index is 14.1. The van der Waals surface area contributed by atoms with Gasteiger partial charge < -0.3 is 73.6 Å². The molecular weight excluding hydrogens is 957 g/mol. The van der Waals surface area contributed by atoms with E-state index in [1.165, 1.54) is 30.5 Å². The van der Waals surface area contributed by atoms with Gasteiger partial charge in [0.05, 0.1) is 25.3 Å². The summed E-state index contributed by atoms with van der Waals surface area (Å²) in [7, 11) is 0. The molecule has 69 heavy (non-hydrogen) atoms. The highest BCUT2D eigenvalue weighted by atomic mass is 32.2. The summed E-state index contributed by atoms with van der Waals surface area (Å²) < 4.78 is 0. The molecule has 0 saturated carbocycles. The van der Waals surface area contributed by atoms with Crippen LogP contribution in [0.15, 0.2) is 0 Å². The van der Waals surface area contributed by atoms with Gasteiger partial charge in [-0.25, -0.2) is 4.79 Å². The van der Waals surface area contributed by atoms with Crippen LogP contribution in [0, 0.1) is 5.92 Å². The molecule has 0 aliphatic carbocycles. The van der Waals surface area contributed by atoms with Crippen LogP contribution in [0.1, 0.15) is 78.1 Å². The third-order valence-electron chi connectivity index (χ3n) is 11.0. The number of hydrogen-bond donors (Lipinski definition) is 13. The SMILES string of the molecule is CSCC[C@H](NC(=O)[C@H](CC(=O)O)NC(=O)[C@@H](N)CS)C(=O)N1CCC[C@H]1C(=O)N[C@H](C(=O)N[C@@H](CC(=O)O)C(=O)N1CCC[C@H]1C(=O)N[C@@H](CCC(=O)O)C(=O)N[C@@H](CC(N)=O)C(=O)O)C(C)C. The van der Waals surface area contributed by atoms with Gasteiger partial charge in [-0.2, -0.15) is 24.4 Å². The summed E-state index contributed by atoms with van der Waals surface area (Å²) in [6.45, 7) is 2.96. The highest BCUT2D eigenvalue weighted by molar-refractivity contribution is 7.98. The smallest absolute Gasteiger partial charge is 0.326 e. The van der Waals surface area contributed by atoms with Gasteiger partial charge in [-0.05, 0) is 56.5 Å². The molecular formula is C40H62N10O17S2. The van der Waals surface area contributed by atoms with Crippen molar-refractivity contribution in [2.75, 3.05) is 30.9 Å². The van der Waals surface area contributed by atoms with Crippen molar-refractivity contribution in [2.24, 2.45) is 17.4 Å². The third kappa shape index (κ3) is 18.7. The summed E-state index contributed by atoms with van der Waals surface area (Å²) in [6, 6.07) is -13.5. The molecule has 29 heteroatoms. The van der Waals surface area contributed by atoms with Gasteiger partial charge >= 0.3 is 23.9 Å². The van der Waals surface area contributed by atoms with Crippen LogP contribution in [0.5, 0.6) is 0 Å². The third-order valence-corrected chi connectivity index (χ3v) is 12.0. The van der Waals surface area contributed by atoms with Crippen LogP contribution < -0.4 is 43.4 Å². The van der Waals surface area contributed by atoms with Crippen molar-refractivity contribution >= 4 is 101 Å². The van der Waals surface area contributed by atoms with Gasteiger partial charge in [0.2, 0.25) is 53.2 Å². The molecule has 0 unspecified atom stereocenters. The molecule has 9 amide bonds. The van der Waals surface area contributed by atoms with E-state index >= 15 is 0 Å². The number of likely N-dealkylation sites (tertiary alicyclic amines) is 2. The maximum atomic E-state index is 14.1. The average molecular weight is 1020 g/mol. The van der Waals surface area contributed by atoms with Crippen molar-refractivity contribution in [1.82, 2.24) is 41.7 Å². The largest absolute Gasteiger partial charge is 0.481 e. The predicted octanol–water partition coefficient (Wildman–Crippen LogP) is -4.68. The molecule has 2 heterocycles. The van der Waals surface area contributed by atoms with Gasteiger partial charge in [0.15, 0.2) is 0 Å². The first kappa shape index (κ1) is 58.9. The fourth-order valence-corrected chi connectivity index (χ4v) is 8.05. The fourth-order valence-electron chi connectivity index (χ4n) is 7.42. The lowest BCUT2D eigenvalue weighted by Gasteiger charge is -2.32. The quantitative estimate of drug-likeness (QED) is 0.0313. The summed E-state index contributed by atoms with van der Waals surface area (Å²) in [5, 5.41) is 51.9. The van der Waals surface area contributed by atoms with E-state index in [-0.39, 0.29) is 44.5 Å². The molecule has 2 fully saturated rings. The second-order valence-corrected chi connectivity index (χ2v) is 18.0. The number of primary amides is 1. The lowest BCUT2D eigenvalue weighted by Crippen LogP contribution is -2.61. The van der Waals surface area contributed by atoms with Gasteiger partial charge in [-0.1, -0.05) is 13.8 Å². The maximum Gasteiger partial charge on any atom is 0.326 e. The van der Waals surface area contributed by atoms with Crippen molar-refractivity contribution < 1.29 is 82.8 Å². The van der Waals surface area contributed by atoms with Gasteiger partial charge in [0.25, 0.3) is 0 Å². The predicted molar refractivity (Wildman–Crippen MR) is 244 cm³/mol. The number of rotatable bonds is 29. The Morgan fingerprint density at radius 1 is 0.609 bits per heavy atom. The number of thioether (sulfide) groups is 1. The zero-order valence-electron chi connectivity index (χ0n) is 38.2. The van der Waals surface area contributed by atoms with E-state index in [0.717, 1.165) is 4.90 Å². The Labute approximate surface area is 405 Å². The second-order valence-electron chi connectivity index (χ2n) is 16.6. The van der Waals surface area contributed by atoms with Crippen molar-refractivity contribution in [3.63, 3.8) is 0 Å². The van der Waals surface area contributed by atoms with Crippen LogP contribution in [-0.2, 0) is 62.3 Å². The molecule has 27 nitrogen and oxygen atoms in total. The number of amides is 9. The second kappa shape index (κ2) is 28.3. The first-order chi connectivity index (χ1) is 32.3. The van der Waals surface area contributed by atoms with Gasteiger partial charge in [-0.15, -0.1) is 0 Å². The van der Waals surface area contributed by atoms with E-state index in [2.05, 4.69) is 39.2 Å². The number of carbonyl (C=O) groups excluding carboxylic acids is 9. The van der Waals surface area contributed by atoms with Crippen LogP contribution in [0.4, 0.5) is 0 Å². The molecule has 0 spiro atoms. The summed E-state index contributed by atoms with van der Waals surface area (Å²) >= 11 is 5.26. The van der Waals surface area contributed by atoms with Gasteiger partial charge in [0, 0.05) is 25.3 Å². The van der Waals surface area contributed by atoms with Crippen LogP contribution in [0.25, 0.3) is 0 Å². The molecule has 0 bridgehead atoms. The Kier molecular flexibility index (Phi) is 24.2. The zero-order valence-corrected chi connectivity index (χ0v) is 39.9. The van der Waals surface area contributed by atoms with Crippen LogP contribution in [0.3, 0.4) is 0 Å². The number of aliphatic carboxylic acids is 4. The van der Waals surface area contributed by atoms with Crippen LogP contribution in [0.2, 0.25) is 0 Å². The minimum Gasteiger partial charge on any atom is -0.481 e. The zero-order chi connectivity index (χ0) is 52.3. The first-order valence-electron chi connectivity index (χ1n) is 21.8. The topological polar surface area (TPSA) is 434 Å².